The van der Waals surface area contributed by atoms with Crippen LogP contribution in [0, 0.1) is 20.8 Å². The van der Waals surface area contributed by atoms with Crippen LogP contribution >= 0.6 is 0 Å². The number of aromatic nitrogens is 2. The molecule has 2 aromatic carbocycles. The van der Waals surface area contributed by atoms with E-state index in [4.69, 9.17) is 0 Å². The van der Waals surface area contributed by atoms with Gasteiger partial charge in [0.1, 0.15) is 0 Å². The van der Waals surface area contributed by atoms with Gasteiger partial charge in [-0.2, -0.15) is 10.2 Å². The normalized spacial score (nSPS) is 15.0. The van der Waals surface area contributed by atoms with Gasteiger partial charge >= 0.3 is 0 Å². The molecule has 29 heavy (non-hydrogen) atoms. The Morgan fingerprint density at radius 2 is 1.76 bits per heavy atom. The first-order chi connectivity index (χ1) is 14.0. The molecule has 3 aromatic rings. The van der Waals surface area contributed by atoms with Gasteiger partial charge in [-0.05, 0) is 32.4 Å². The molecule has 146 valence electrons. The minimum absolute atomic E-state index is 0.146. The number of likely N-dealkylation sites (N-methyl/N-ethyl adjacent to an activating group) is 1. The van der Waals surface area contributed by atoms with E-state index in [1.807, 2.05) is 42.8 Å². The average Bonchev–Trinajstić information content (AvgIpc) is 3.12. The summed E-state index contributed by atoms with van der Waals surface area (Å²) in [5.74, 6) is -0.146. The molecule has 1 amide bonds. The lowest BCUT2D eigenvalue weighted by Crippen LogP contribution is -2.25. The Kier molecular flexibility index (Phi) is 4.84. The predicted molar refractivity (Wildman–Crippen MR) is 116 cm³/mol. The molecule has 0 saturated carbocycles. The molecule has 1 aliphatic rings. The quantitative estimate of drug-likeness (QED) is 0.508. The lowest BCUT2D eigenvalue weighted by atomic mass is 10.1. The zero-order valence-corrected chi connectivity index (χ0v) is 17.0. The molecule has 6 heteroatoms. The molecule has 6 nitrogen and oxygen atoms in total. The van der Waals surface area contributed by atoms with E-state index >= 15 is 0 Å². The number of anilines is 1. The first-order valence-electron chi connectivity index (χ1n) is 9.53. The summed E-state index contributed by atoms with van der Waals surface area (Å²) in [6.07, 6.45) is 1.69. The van der Waals surface area contributed by atoms with Crippen LogP contribution in [0.25, 0.3) is 0 Å². The van der Waals surface area contributed by atoms with E-state index in [1.54, 1.807) is 18.2 Å². The fourth-order valence-corrected chi connectivity index (χ4v) is 3.51. The zero-order chi connectivity index (χ0) is 20.5. The minimum atomic E-state index is -0.146. The van der Waals surface area contributed by atoms with E-state index in [0.29, 0.717) is 12.3 Å². The third kappa shape index (κ3) is 3.49. The molecular formula is C23H23N5O. The van der Waals surface area contributed by atoms with Crippen LogP contribution in [0.5, 0.6) is 0 Å². The van der Waals surface area contributed by atoms with E-state index in [1.165, 1.54) is 11.1 Å². The summed E-state index contributed by atoms with van der Waals surface area (Å²) in [7, 11) is 1.75. The topological polar surface area (TPSA) is 62.9 Å². The maximum Gasteiger partial charge on any atom is 0.279 e. The van der Waals surface area contributed by atoms with Gasteiger partial charge in [0.25, 0.3) is 5.91 Å². The minimum Gasteiger partial charge on any atom is -0.309 e. The highest BCUT2D eigenvalue weighted by molar-refractivity contribution is 6.54. The Morgan fingerprint density at radius 3 is 2.52 bits per heavy atom. The van der Waals surface area contributed by atoms with Crippen molar-refractivity contribution in [3.63, 3.8) is 0 Å². The summed E-state index contributed by atoms with van der Waals surface area (Å²) < 4.78 is 1.97. The number of carbonyl (C=O) groups excluding carboxylic acids is 1. The molecule has 0 aliphatic carbocycles. The third-order valence-electron chi connectivity index (χ3n) is 5.26. The lowest BCUT2D eigenvalue weighted by Gasteiger charge is -2.07. The second-order valence-corrected chi connectivity index (χ2v) is 7.30. The summed E-state index contributed by atoms with van der Waals surface area (Å²) in [5.41, 5.74) is 7.28. The van der Waals surface area contributed by atoms with Gasteiger partial charge in [0.05, 0.1) is 24.1 Å². The second-order valence-electron chi connectivity index (χ2n) is 7.30. The van der Waals surface area contributed by atoms with Crippen molar-refractivity contribution in [2.45, 2.75) is 27.3 Å². The van der Waals surface area contributed by atoms with Crippen LogP contribution in [0.3, 0.4) is 0 Å². The van der Waals surface area contributed by atoms with Gasteiger partial charge in [0.15, 0.2) is 5.71 Å². The molecule has 0 saturated heterocycles. The Morgan fingerprint density at radius 1 is 1.03 bits per heavy atom. The summed E-state index contributed by atoms with van der Waals surface area (Å²) in [5, 5.41) is 13.1. The SMILES string of the molecule is Cc1ccc(Cn2nc(C)c(/C=N\N=C3\C(=O)N(C)c4ccccc43)c2C)cc1. The Bertz CT molecular complexity index is 1140. The third-order valence-corrected chi connectivity index (χ3v) is 5.26. The highest BCUT2D eigenvalue weighted by atomic mass is 16.2. The van der Waals surface area contributed by atoms with Crippen LogP contribution in [-0.2, 0) is 11.3 Å². The van der Waals surface area contributed by atoms with E-state index in [9.17, 15) is 4.79 Å². The number of fused-ring (bicyclic) bond motifs is 1. The number of hydrogen-bond donors (Lipinski definition) is 0. The number of carbonyl (C=O) groups is 1. The van der Waals surface area contributed by atoms with Gasteiger partial charge in [-0.3, -0.25) is 9.48 Å². The fourth-order valence-electron chi connectivity index (χ4n) is 3.51. The number of aryl methyl sites for hydroxylation is 2. The first kappa shape index (κ1) is 18.8. The van der Waals surface area contributed by atoms with Crippen molar-refractivity contribution in [1.29, 1.82) is 0 Å². The van der Waals surface area contributed by atoms with E-state index in [-0.39, 0.29) is 5.91 Å². The van der Waals surface area contributed by atoms with Crippen LogP contribution < -0.4 is 4.90 Å². The van der Waals surface area contributed by atoms with Gasteiger partial charge in [0.2, 0.25) is 0 Å². The summed E-state index contributed by atoms with van der Waals surface area (Å²) in [4.78, 5) is 14.1. The van der Waals surface area contributed by atoms with Crippen LogP contribution in [0.15, 0.2) is 58.7 Å². The molecule has 0 spiro atoms. The molecule has 0 fully saturated rings. The number of amides is 1. The van der Waals surface area contributed by atoms with E-state index in [0.717, 1.165) is 28.2 Å². The van der Waals surface area contributed by atoms with Crippen molar-refractivity contribution in [3.05, 3.63) is 82.2 Å². The largest absolute Gasteiger partial charge is 0.309 e. The molecule has 1 aliphatic heterocycles. The number of benzene rings is 2. The lowest BCUT2D eigenvalue weighted by molar-refractivity contribution is -0.111. The van der Waals surface area contributed by atoms with Crippen molar-refractivity contribution in [3.8, 4) is 0 Å². The van der Waals surface area contributed by atoms with Gasteiger partial charge in [-0.1, -0.05) is 48.0 Å². The molecule has 2 heterocycles. The molecule has 0 unspecified atom stereocenters. The second kappa shape index (κ2) is 7.47. The smallest absolute Gasteiger partial charge is 0.279 e. The Hall–Kier alpha value is -3.54. The summed E-state index contributed by atoms with van der Waals surface area (Å²) in [6.45, 7) is 6.75. The van der Waals surface area contributed by atoms with Gasteiger partial charge < -0.3 is 4.90 Å². The monoisotopic (exact) mass is 385 g/mol. The maximum absolute atomic E-state index is 12.5. The Balaban J connectivity index is 1.59. The average molecular weight is 385 g/mol. The highest BCUT2D eigenvalue weighted by Gasteiger charge is 2.31. The van der Waals surface area contributed by atoms with Crippen molar-refractivity contribution in [2.75, 3.05) is 11.9 Å². The molecule has 0 atom stereocenters. The zero-order valence-electron chi connectivity index (χ0n) is 17.0. The summed E-state index contributed by atoms with van der Waals surface area (Å²) >= 11 is 0. The molecule has 4 rings (SSSR count). The molecule has 0 radical (unpaired) electrons. The number of hydrogen-bond acceptors (Lipinski definition) is 4. The predicted octanol–water partition coefficient (Wildman–Crippen LogP) is 3.66. The molecular weight excluding hydrogens is 362 g/mol. The fraction of sp³-hybridized carbons (Fsp3) is 0.217. The number of para-hydroxylation sites is 1. The van der Waals surface area contributed by atoms with E-state index < -0.39 is 0 Å². The van der Waals surface area contributed by atoms with Crippen LogP contribution in [0.4, 0.5) is 5.69 Å². The highest BCUT2D eigenvalue weighted by Crippen LogP contribution is 2.27. The van der Waals surface area contributed by atoms with Crippen molar-refractivity contribution < 1.29 is 4.79 Å². The van der Waals surface area contributed by atoms with Crippen molar-refractivity contribution >= 4 is 23.5 Å². The molecule has 0 bridgehead atoms. The summed E-state index contributed by atoms with van der Waals surface area (Å²) in [6, 6.07) is 16.0. The van der Waals surface area contributed by atoms with Crippen LogP contribution in [0.2, 0.25) is 0 Å². The molecule has 0 N–H and O–H groups in total. The first-order valence-corrected chi connectivity index (χ1v) is 9.53. The number of nitrogens with zero attached hydrogens (tertiary/aromatic N) is 5. The van der Waals surface area contributed by atoms with Gasteiger partial charge in [0, 0.05) is 23.9 Å². The van der Waals surface area contributed by atoms with Crippen LogP contribution in [-0.4, -0.2) is 34.7 Å². The van der Waals surface area contributed by atoms with Crippen LogP contribution in [0.1, 0.15) is 33.6 Å². The molecule has 1 aromatic heterocycles. The van der Waals surface area contributed by atoms with Crippen molar-refractivity contribution in [2.24, 2.45) is 10.2 Å². The van der Waals surface area contributed by atoms with E-state index in [2.05, 4.69) is 46.5 Å². The number of rotatable bonds is 4. The standard InChI is InChI=1S/C23H23N5O/c1-15-9-11-18(12-10-15)14-28-17(3)20(16(2)26-28)13-24-25-22-19-7-5-6-8-21(19)27(4)23(22)29/h5-13H,14H2,1-4H3/b24-13-,25-22+. The maximum atomic E-state index is 12.5. The van der Waals surface area contributed by atoms with Gasteiger partial charge in [-0.25, -0.2) is 0 Å². The van der Waals surface area contributed by atoms with Gasteiger partial charge in [-0.15, -0.1) is 5.10 Å². The Labute approximate surface area is 170 Å². The van der Waals surface area contributed by atoms with Crippen molar-refractivity contribution in [1.82, 2.24) is 9.78 Å².